The third kappa shape index (κ3) is 4.44. The minimum absolute atomic E-state index is 0.0767. The maximum absolute atomic E-state index is 11.9. The Morgan fingerprint density at radius 1 is 1.20 bits per heavy atom. The normalized spacial score (nSPS) is 17.4. The molecule has 1 fully saturated rings. The van der Waals surface area contributed by atoms with E-state index in [4.69, 9.17) is 0 Å². The van der Waals surface area contributed by atoms with Gasteiger partial charge in [-0.1, -0.05) is 37.5 Å². The van der Waals surface area contributed by atoms with E-state index in [9.17, 15) is 4.79 Å². The van der Waals surface area contributed by atoms with E-state index in [-0.39, 0.29) is 10.7 Å². The molecule has 1 saturated carbocycles. The summed E-state index contributed by atoms with van der Waals surface area (Å²) in [7, 11) is 0. The van der Waals surface area contributed by atoms with Gasteiger partial charge in [0, 0.05) is 17.0 Å². The summed E-state index contributed by atoms with van der Waals surface area (Å²) < 4.78 is 0.265. The molecule has 110 valence electrons. The molecule has 0 unspecified atom stereocenters. The lowest BCUT2D eigenvalue weighted by molar-refractivity contribution is -0.119. The van der Waals surface area contributed by atoms with Crippen LogP contribution >= 0.6 is 11.8 Å². The molecule has 0 heterocycles. The van der Waals surface area contributed by atoms with Crippen molar-refractivity contribution in [2.75, 3.05) is 24.7 Å². The Morgan fingerprint density at radius 2 is 1.90 bits per heavy atom. The van der Waals surface area contributed by atoms with E-state index in [2.05, 4.69) is 16.9 Å². The summed E-state index contributed by atoms with van der Waals surface area (Å²) in [5, 5.41) is 6.24. The number of carbonyl (C=O) groups is 1. The van der Waals surface area contributed by atoms with Gasteiger partial charge in [-0.2, -0.15) is 11.8 Å². The van der Waals surface area contributed by atoms with Gasteiger partial charge in [0.1, 0.15) is 0 Å². The molecule has 20 heavy (non-hydrogen) atoms. The molecule has 1 aromatic rings. The zero-order chi connectivity index (χ0) is 14.3. The molecule has 0 atom stereocenters. The molecule has 0 spiro atoms. The second kappa shape index (κ2) is 7.58. The maximum Gasteiger partial charge on any atom is 0.239 e. The second-order valence-corrected chi connectivity index (χ2v) is 6.72. The molecular weight excluding hydrogens is 268 g/mol. The van der Waals surface area contributed by atoms with Crippen molar-refractivity contribution in [2.45, 2.75) is 36.9 Å². The van der Waals surface area contributed by atoms with Gasteiger partial charge in [0.15, 0.2) is 0 Å². The van der Waals surface area contributed by atoms with Gasteiger partial charge in [0.05, 0.1) is 6.54 Å². The highest BCUT2D eigenvalue weighted by Gasteiger charge is 2.31. The van der Waals surface area contributed by atoms with Crippen molar-refractivity contribution in [3.63, 3.8) is 0 Å². The average molecular weight is 292 g/mol. The Morgan fingerprint density at radius 3 is 2.55 bits per heavy atom. The molecule has 1 aromatic carbocycles. The molecule has 1 aliphatic carbocycles. The van der Waals surface area contributed by atoms with Crippen LogP contribution in [0.1, 0.15) is 32.1 Å². The molecule has 1 aliphatic rings. The highest BCUT2D eigenvalue weighted by molar-refractivity contribution is 8.00. The predicted molar refractivity (Wildman–Crippen MR) is 87.3 cm³/mol. The monoisotopic (exact) mass is 292 g/mol. The van der Waals surface area contributed by atoms with Crippen LogP contribution in [0.5, 0.6) is 0 Å². The fourth-order valence-electron chi connectivity index (χ4n) is 2.71. The zero-order valence-electron chi connectivity index (χ0n) is 12.2. The fraction of sp³-hybridized carbons (Fsp3) is 0.562. The van der Waals surface area contributed by atoms with Crippen molar-refractivity contribution in [3.05, 3.63) is 30.3 Å². The van der Waals surface area contributed by atoms with Crippen LogP contribution in [0.25, 0.3) is 0 Å². The van der Waals surface area contributed by atoms with Crippen LogP contribution in [-0.2, 0) is 4.79 Å². The highest BCUT2D eigenvalue weighted by atomic mass is 32.2. The standard InChI is InChI=1S/C16H24N2OS/c1-20-16(10-6-3-7-11-16)13-18-15(19)12-17-14-8-4-2-5-9-14/h2,4-5,8-9,17H,3,6-7,10-13H2,1H3,(H,18,19). The summed E-state index contributed by atoms with van der Waals surface area (Å²) in [5.74, 6) is 0.0767. The zero-order valence-corrected chi connectivity index (χ0v) is 13.0. The maximum atomic E-state index is 11.9. The lowest BCUT2D eigenvalue weighted by Crippen LogP contribution is -2.43. The van der Waals surface area contributed by atoms with Crippen molar-refractivity contribution < 1.29 is 4.79 Å². The molecule has 0 aliphatic heterocycles. The van der Waals surface area contributed by atoms with Crippen molar-refractivity contribution in [2.24, 2.45) is 0 Å². The van der Waals surface area contributed by atoms with Crippen LogP contribution in [0, 0.1) is 0 Å². The number of para-hydroxylation sites is 1. The number of hydrogen-bond donors (Lipinski definition) is 2. The third-order valence-corrected chi connectivity index (χ3v) is 5.45. The Hall–Kier alpha value is -1.16. The van der Waals surface area contributed by atoms with E-state index in [0.717, 1.165) is 12.2 Å². The van der Waals surface area contributed by atoms with Gasteiger partial charge >= 0.3 is 0 Å². The van der Waals surface area contributed by atoms with E-state index in [1.807, 2.05) is 42.1 Å². The fourth-order valence-corrected chi connectivity index (χ4v) is 3.62. The van der Waals surface area contributed by atoms with E-state index in [0.29, 0.717) is 6.54 Å². The van der Waals surface area contributed by atoms with Gasteiger partial charge in [0.25, 0.3) is 0 Å². The molecule has 0 bridgehead atoms. The van der Waals surface area contributed by atoms with E-state index in [1.165, 1.54) is 32.1 Å². The van der Waals surface area contributed by atoms with Gasteiger partial charge < -0.3 is 10.6 Å². The SMILES string of the molecule is CSC1(CNC(=O)CNc2ccccc2)CCCCC1. The van der Waals surface area contributed by atoms with Gasteiger partial charge in [0.2, 0.25) is 5.91 Å². The number of benzene rings is 1. The smallest absolute Gasteiger partial charge is 0.239 e. The second-order valence-electron chi connectivity index (χ2n) is 5.44. The van der Waals surface area contributed by atoms with E-state index in [1.54, 1.807) is 0 Å². The first-order valence-corrected chi connectivity index (χ1v) is 8.57. The lowest BCUT2D eigenvalue weighted by atomic mass is 9.88. The van der Waals surface area contributed by atoms with Gasteiger partial charge in [-0.05, 0) is 31.2 Å². The van der Waals surface area contributed by atoms with Crippen LogP contribution in [0.15, 0.2) is 30.3 Å². The average Bonchev–Trinajstić information content (AvgIpc) is 2.53. The number of thioether (sulfide) groups is 1. The molecule has 0 saturated heterocycles. The quantitative estimate of drug-likeness (QED) is 0.845. The van der Waals surface area contributed by atoms with E-state index < -0.39 is 0 Å². The molecule has 2 N–H and O–H groups in total. The minimum Gasteiger partial charge on any atom is -0.376 e. The molecular formula is C16H24N2OS. The van der Waals surface area contributed by atoms with Crippen molar-refractivity contribution >= 4 is 23.4 Å². The lowest BCUT2D eigenvalue weighted by Gasteiger charge is -2.35. The predicted octanol–water partition coefficient (Wildman–Crippen LogP) is 3.28. The summed E-state index contributed by atoms with van der Waals surface area (Å²) in [6.07, 6.45) is 8.53. The summed E-state index contributed by atoms with van der Waals surface area (Å²) in [4.78, 5) is 11.9. The Balaban J connectivity index is 1.74. The van der Waals surface area contributed by atoms with Crippen LogP contribution in [0.3, 0.4) is 0 Å². The summed E-state index contributed by atoms with van der Waals surface area (Å²) >= 11 is 1.91. The molecule has 0 radical (unpaired) electrons. The van der Waals surface area contributed by atoms with Crippen molar-refractivity contribution in [1.82, 2.24) is 5.32 Å². The van der Waals surface area contributed by atoms with E-state index >= 15 is 0 Å². The van der Waals surface area contributed by atoms with Crippen LogP contribution < -0.4 is 10.6 Å². The van der Waals surface area contributed by atoms with Gasteiger partial charge in [-0.3, -0.25) is 4.79 Å². The molecule has 0 aromatic heterocycles. The Kier molecular flexibility index (Phi) is 5.77. The number of hydrogen-bond acceptors (Lipinski definition) is 3. The first kappa shape index (κ1) is 15.2. The van der Waals surface area contributed by atoms with Crippen LogP contribution in [-0.4, -0.2) is 30.0 Å². The first-order chi connectivity index (χ1) is 9.74. The molecule has 2 rings (SSSR count). The minimum atomic E-state index is 0.0767. The highest BCUT2D eigenvalue weighted by Crippen LogP contribution is 2.37. The van der Waals surface area contributed by atoms with Gasteiger partial charge in [-0.15, -0.1) is 0 Å². The summed E-state index contributed by atoms with van der Waals surface area (Å²) in [6, 6.07) is 9.84. The summed E-state index contributed by atoms with van der Waals surface area (Å²) in [6.45, 7) is 1.14. The number of anilines is 1. The van der Waals surface area contributed by atoms with Crippen molar-refractivity contribution in [1.29, 1.82) is 0 Å². The topological polar surface area (TPSA) is 41.1 Å². The largest absolute Gasteiger partial charge is 0.376 e. The van der Waals surface area contributed by atoms with Crippen LogP contribution in [0.4, 0.5) is 5.69 Å². The number of carbonyl (C=O) groups excluding carboxylic acids is 1. The molecule has 4 heteroatoms. The number of nitrogens with one attached hydrogen (secondary N) is 2. The van der Waals surface area contributed by atoms with Crippen molar-refractivity contribution in [3.8, 4) is 0 Å². The van der Waals surface area contributed by atoms with Crippen LogP contribution in [0.2, 0.25) is 0 Å². The molecule has 1 amide bonds. The number of amides is 1. The summed E-state index contributed by atoms with van der Waals surface area (Å²) in [5.41, 5.74) is 0.986. The third-order valence-electron chi connectivity index (χ3n) is 4.03. The first-order valence-electron chi connectivity index (χ1n) is 7.35. The Bertz CT molecular complexity index is 416. The van der Waals surface area contributed by atoms with Gasteiger partial charge in [-0.25, -0.2) is 0 Å². The molecule has 3 nitrogen and oxygen atoms in total. The number of rotatable bonds is 6. The Labute approximate surface area is 125 Å².